The summed E-state index contributed by atoms with van der Waals surface area (Å²) in [7, 11) is 2.15. The lowest BCUT2D eigenvalue weighted by Crippen LogP contribution is -2.41. The molecule has 0 aliphatic heterocycles. The van der Waals surface area contributed by atoms with Crippen LogP contribution in [0, 0.1) is 16.2 Å². The number of hydrogen-bond donors (Lipinski definition) is 0. The fourth-order valence-corrected chi connectivity index (χ4v) is 6.00. The molecular weight excluding hydrogens is 376 g/mol. The van der Waals surface area contributed by atoms with Crippen LogP contribution >= 0.6 is 0 Å². The second-order valence-corrected chi connectivity index (χ2v) is 11.6. The van der Waals surface area contributed by atoms with Crippen LogP contribution < -0.4 is 0 Å². The molecule has 0 amide bonds. The minimum atomic E-state index is 0.00393. The summed E-state index contributed by atoms with van der Waals surface area (Å²) in [5.74, 6) is 0. The number of rotatable bonds is 3. The van der Waals surface area contributed by atoms with Gasteiger partial charge < -0.3 is 4.90 Å². The largest absolute Gasteiger partial charge is 0.339 e. The van der Waals surface area contributed by atoms with Crippen LogP contribution in [0.1, 0.15) is 73.4 Å². The summed E-state index contributed by atoms with van der Waals surface area (Å²) in [5, 5.41) is 0. The van der Waals surface area contributed by atoms with Gasteiger partial charge in [0, 0.05) is 23.6 Å². The van der Waals surface area contributed by atoms with Crippen molar-refractivity contribution in [2.45, 2.75) is 67.7 Å². The van der Waals surface area contributed by atoms with E-state index in [2.05, 4.69) is 117 Å². The zero-order valence-corrected chi connectivity index (χ0v) is 21.0. The van der Waals surface area contributed by atoms with Crippen molar-refractivity contribution < 1.29 is 0 Å². The molecule has 0 aromatic heterocycles. The van der Waals surface area contributed by atoms with E-state index < -0.39 is 0 Å². The number of benzene rings is 2. The molecule has 2 nitrogen and oxygen atoms in total. The molecule has 2 aliphatic carbocycles. The van der Waals surface area contributed by atoms with Gasteiger partial charge in [-0.1, -0.05) is 85.7 Å². The lowest BCUT2D eigenvalue weighted by Gasteiger charge is -2.46. The number of hydrogen-bond acceptors (Lipinski definition) is 1. The molecule has 0 heterocycles. The van der Waals surface area contributed by atoms with Crippen LogP contribution in [0.2, 0.25) is 0 Å². The second-order valence-electron chi connectivity index (χ2n) is 11.6. The molecule has 0 spiro atoms. The Bertz CT molecular complexity index is 1110. The normalized spacial score (nSPS) is 22.0. The van der Waals surface area contributed by atoms with E-state index in [0.29, 0.717) is 0 Å². The molecule has 0 unspecified atom stereocenters. The van der Waals surface area contributed by atoms with Crippen LogP contribution in [-0.2, 0) is 5.41 Å². The van der Waals surface area contributed by atoms with Crippen molar-refractivity contribution in [1.29, 1.82) is 0 Å². The summed E-state index contributed by atoms with van der Waals surface area (Å²) in [6.45, 7) is 21.2. The first kappa shape index (κ1) is 21.9. The number of aliphatic imine (C=N–C) groups is 1. The zero-order chi connectivity index (χ0) is 23.0. The van der Waals surface area contributed by atoms with Crippen LogP contribution in [0.3, 0.4) is 0 Å². The third kappa shape index (κ3) is 2.80. The van der Waals surface area contributed by atoms with E-state index in [0.717, 1.165) is 5.69 Å². The van der Waals surface area contributed by atoms with Gasteiger partial charge in [0.25, 0.3) is 0 Å². The summed E-state index contributed by atoms with van der Waals surface area (Å²) in [6.07, 6.45) is 2.01. The van der Waals surface area contributed by atoms with Crippen molar-refractivity contribution in [1.82, 2.24) is 4.90 Å². The molecule has 0 bridgehead atoms. The van der Waals surface area contributed by atoms with Crippen LogP contribution in [0.4, 0.5) is 5.69 Å². The first-order chi connectivity index (χ1) is 14.2. The van der Waals surface area contributed by atoms with Gasteiger partial charge in [0.2, 0.25) is 0 Å². The van der Waals surface area contributed by atoms with Crippen molar-refractivity contribution in [3.8, 4) is 11.1 Å². The Morgan fingerprint density at radius 1 is 0.774 bits per heavy atom. The summed E-state index contributed by atoms with van der Waals surface area (Å²) in [6, 6.07) is 15.4. The van der Waals surface area contributed by atoms with Crippen molar-refractivity contribution >= 4 is 12.0 Å². The molecule has 2 heteroatoms. The maximum Gasteiger partial charge on any atom is 0.0951 e. The van der Waals surface area contributed by atoms with Gasteiger partial charge in [0.1, 0.15) is 0 Å². The zero-order valence-electron chi connectivity index (χ0n) is 21.0. The van der Waals surface area contributed by atoms with E-state index in [9.17, 15) is 0 Å². The second kappa shape index (κ2) is 6.58. The number of fused-ring (bicyclic) bond motifs is 3. The fourth-order valence-electron chi connectivity index (χ4n) is 6.00. The van der Waals surface area contributed by atoms with Gasteiger partial charge in [-0.15, -0.1) is 0 Å². The maximum atomic E-state index is 4.92. The quantitative estimate of drug-likeness (QED) is 0.367. The first-order valence-electron chi connectivity index (χ1n) is 11.5. The van der Waals surface area contributed by atoms with Crippen LogP contribution in [-0.4, -0.2) is 18.3 Å². The summed E-state index contributed by atoms with van der Waals surface area (Å²) >= 11 is 0. The molecule has 0 atom stereocenters. The summed E-state index contributed by atoms with van der Waals surface area (Å²) < 4.78 is 0. The highest BCUT2D eigenvalue weighted by Gasteiger charge is 2.57. The molecule has 2 aliphatic rings. The van der Waals surface area contributed by atoms with Crippen molar-refractivity contribution in [3.05, 3.63) is 64.9 Å². The Balaban J connectivity index is 1.68. The number of allylic oxidation sites excluding steroid dienone is 2. The van der Waals surface area contributed by atoms with Crippen LogP contribution in [0.5, 0.6) is 0 Å². The van der Waals surface area contributed by atoms with E-state index >= 15 is 0 Å². The molecule has 2 aromatic carbocycles. The van der Waals surface area contributed by atoms with E-state index in [1.165, 1.54) is 33.5 Å². The summed E-state index contributed by atoms with van der Waals surface area (Å²) in [5.41, 5.74) is 9.68. The fraction of sp³-hybridized carbons (Fsp3) is 0.483. The lowest BCUT2D eigenvalue weighted by atomic mass is 9.58. The van der Waals surface area contributed by atoms with E-state index in [1.807, 2.05) is 6.34 Å². The number of nitrogens with zero attached hydrogens (tertiary/aromatic N) is 2. The van der Waals surface area contributed by atoms with Crippen molar-refractivity contribution in [2.75, 3.05) is 7.05 Å². The van der Waals surface area contributed by atoms with Crippen LogP contribution in [0.15, 0.2) is 58.7 Å². The monoisotopic (exact) mass is 414 g/mol. The predicted octanol–water partition coefficient (Wildman–Crippen LogP) is 7.95. The van der Waals surface area contributed by atoms with Gasteiger partial charge >= 0.3 is 0 Å². The molecule has 164 valence electrons. The van der Waals surface area contributed by atoms with Gasteiger partial charge in [-0.2, -0.15) is 0 Å². The highest BCUT2D eigenvalue weighted by atomic mass is 15.2. The van der Waals surface area contributed by atoms with Gasteiger partial charge in [0.15, 0.2) is 0 Å². The standard InChI is InChI=1S/C29H38N2/c1-19-25(28(6,7)29(8,9)27(19,4)5)31(10)18-30-20-15-16-22-21-13-11-12-14-23(21)26(2,3)24(22)17-20/h11-18H,1-10H3. The van der Waals surface area contributed by atoms with Crippen molar-refractivity contribution in [3.63, 3.8) is 0 Å². The molecule has 0 saturated carbocycles. The van der Waals surface area contributed by atoms with Gasteiger partial charge in [-0.05, 0) is 57.7 Å². The average Bonchev–Trinajstić information content (AvgIpc) is 2.97. The van der Waals surface area contributed by atoms with Gasteiger partial charge in [-0.25, -0.2) is 4.99 Å². The molecule has 4 rings (SSSR count). The van der Waals surface area contributed by atoms with Gasteiger partial charge in [0.05, 0.1) is 12.0 Å². The van der Waals surface area contributed by atoms with E-state index in [-0.39, 0.29) is 21.7 Å². The summed E-state index contributed by atoms with van der Waals surface area (Å²) in [4.78, 5) is 7.17. The Labute approximate surface area is 189 Å². The van der Waals surface area contributed by atoms with Crippen molar-refractivity contribution in [2.24, 2.45) is 21.2 Å². The molecule has 2 aromatic rings. The minimum Gasteiger partial charge on any atom is -0.339 e. The Hall–Kier alpha value is -2.35. The maximum absolute atomic E-state index is 4.92. The average molecular weight is 415 g/mol. The van der Waals surface area contributed by atoms with E-state index in [4.69, 9.17) is 4.99 Å². The molecule has 0 N–H and O–H groups in total. The van der Waals surface area contributed by atoms with Gasteiger partial charge in [-0.3, -0.25) is 0 Å². The third-order valence-corrected chi connectivity index (χ3v) is 9.31. The first-order valence-corrected chi connectivity index (χ1v) is 11.5. The topological polar surface area (TPSA) is 15.6 Å². The SMILES string of the molecule is CC1=C(N(C)C=Nc2ccc3c(c2)C(C)(C)c2ccccc2-3)C(C)(C)C(C)(C)C1(C)C. The lowest BCUT2D eigenvalue weighted by molar-refractivity contribution is 0.0546. The molecule has 0 saturated heterocycles. The predicted molar refractivity (Wildman–Crippen MR) is 134 cm³/mol. The minimum absolute atomic E-state index is 0.00393. The molecule has 0 radical (unpaired) electrons. The Morgan fingerprint density at radius 3 is 2.00 bits per heavy atom. The molecule has 31 heavy (non-hydrogen) atoms. The Morgan fingerprint density at radius 2 is 1.39 bits per heavy atom. The third-order valence-electron chi connectivity index (χ3n) is 9.31. The molecule has 0 fully saturated rings. The highest BCUT2D eigenvalue weighted by Crippen LogP contribution is 2.65. The van der Waals surface area contributed by atoms with E-state index in [1.54, 1.807) is 0 Å². The smallest absolute Gasteiger partial charge is 0.0951 e. The highest BCUT2D eigenvalue weighted by molar-refractivity contribution is 5.82. The Kier molecular flexibility index (Phi) is 4.64. The molecular formula is C29H38N2. The van der Waals surface area contributed by atoms with Crippen LogP contribution in [0.25, 0.3) is 11.1 Å².